The molecule has 116 valence electrons. The number of rotatable bonds is 5. The Morgan fingerprint density at radius 3 is 2.25 bits per heavy atom. The van der Waals surface area contributed by atoms with Crippen LogP contribution in [-0.2, 0) is 26.3 Å². The minimum absolute atomic E-state index is 0.0712. The Bertz CT molecular complexity index is 690. The zero-order chi connectivity index (χ0) is 15.8. The van der Waals surface area contributed by atoms with Gasteiger partial charge in [-0.25, -0.2) is 8.42 Å². The summed E-state index contributed by atoms with van der Waals surface area (Å²) in [6.07, 6.45) is -4.35. The Labute approximate surface area is 113 Å². The Balaban J connectivity index is 3.43. The maximum absolute atomic E-state index is 12.7. The van der Waals surface area contributed by atoms with Crippen LogP contribution in [0.25, 0.3) is 0 Å². The van der Waals surface area contributed by atoms with Crippen LogP contribution in [0, 0.1) is 0 Å². The number of halogens is 3. The number of nitrogens with zero attached hydrogens (tertiary/aromatic N) is 2. The highest BCUT2D eigenvalue weighted by atomic mass is 32.2. The zero-order valence-corrected chi connectivity index (χ0v) is 12.0. The van der Waals surface area contributed by atoms with E-state index in [1.807, 2.05) is 0 Å². The van der Waals surface area contributed by atoms with Crippen molar-refractivity contribution >= 4 is 20.1 Å². The molecule has 1 heterocycles. The van der Waals surface area contributed by atoms with Crippen molar-refractivity contribution in [1.82, 2.24) is 9.19 Å². The van der Waals surface area contributed by atoms with Gasteiger partial charge < -0.3 is 4.18 Å². The van der Waals surface area contributed by atoms with Gasteiger partial charge in [-0.05, 0) is 6.42 Å². The van der Waals surface area contributed by atoms with Crippen LogP contribution in [-0.4, -0.2) is 38.0 Å². The zero-order valence-electron chi connectivity index (χ0n) is 10.4. The van der Waals surface area contributed by atoms with Crippen LogP contribution < -0.4 is 4.18 Å². The second-order valence-corrected chi connectivity index (χ2v) is 7.30. The molecule has 0 saturated carbocycles. The van der Waals surface area contributed by atoms with Crippen molar-refractivity contribution in [2.24, 2.45) is 0 Å². The molecule has 7 nitrogen and oxygen atoms in total. The van der Waals surface area contributed by atoms with Gasteiger partial charge in [-0.1, -0.05) is 6.92 Å². The van der Waals surface area contributed by atoms with Crippen molar-refractivity contribution in [3.8, 4) is 5.88 Å². The summed E-state index contributed by atoms with van der Waals surface area (Å²) in [5.74, 6) is -1.53. The average molecular weight is 336 g/mol. The molecule has 0 amide bonds. The fourth-order valence-corrected chi connectivity index (χ4v) is 3.03. The normalized spacial score (nSPS) is 13.4. The van der Waals surface area contributed by atoms with Gasteiger partial charge >= 0.3 is 16.3 Å². The number of aromatic nitrogens is 2. The molecule has 0 aromatic carbocycles. The molecule has 0 atom stereocenters. The number of hydrogen-bond donors (Lipinski definition) is 0. The van der Waals surface area contributed by atoms with E-state index >= 15 is 0 Å². The summed E-state index contributed by atoms with van der Waals surface area (Å²) in [5.41, 5.74) is -1.62. The average Bonchev–Trinajstić information content (AvgIpc) is 2.58. The largest absolute Gasteiger partial charge is 0.434 e. The monoisotopic (exact) mass is 336 g/mol. The molecule has 20 heavy (non-hydrogen) atoms. The van der Waals surface area contributed by atoms with Gasteiger partial charge in [0.2, 0.25) is 0 Å². The molecular weight excluding hydrogens is 325 g/mol. The molecule has 0 spiro atoms. The Kier molecular flexibility index (Phi) is 4.39. The van der Waals surface area contributed by atoms with Crippen molar-refractivity contribution in [3.05, 3.63) is 11.8 Å². The van der Waals surface area contributed by atoms with Gasteiger partial charge in [0, 0.05) is 6.07 Å². The highest BCUT2D eigenvalue weighted by Crippen LogP contribution is 2.32. The van der Waals surface area contributed by atoms with E-state index in [4.69, 9.17) is 0 Å². The first kappa shape index (κ1) is 16.8. The highest BCUT2D eigenvalue weighted by molar-refractivity contribution is 7.89. The predicted octanol–water partition coefficient (Wildman–Crippen LogP) is 0.828. The summed E-state index contributed by atoms with van der Waals surface area (Å²) in [6, 6.07) is 0.217. The summed E-state index contributed by atoms with van der Waals surface area (Å²) in [5, 5.41) is 3.06. The van der Waals surface area contributed by atoms with Gasteiger partial charge in [0.15, 0.2) is 5.69 Å². The van der Waals surface area contributed by atoms with Crippen molar-refractivity contribution in [3.63, 3.8) is 0 Å². The highest BCUT2D eigenvalue weighted by Gasteiger charge is 2.39. The molecular formula is C8H11F3N2O5S2. The van der Waals surface area contributed by atoms with E-state index in [0.717, 1.165) is 0 Å². The molecule has 0 unspecified atom stereocenters. The first-order valence-electron chi connectivity index (χ1n) is 5.17. The molecule has 0 saturated heterocycles. The standard InChI is InChI=1S/C8H11F3N2O5S2/c1-3-4-20(16,17)13-6(8(9,10)11)5-7(12-13)18-19(2,14)15/h5H,3-4H2,1-2H3. The molecule has 1 rings (SSSR count). The minimum atomic E-state index is -5.02. The second kappa shape index (κ2) is 5.24. The predicted molar refractivity (Wildman–Crippen MR) is 62.2 cm³/mol. The van der Waals surface area contributed by atoms with E-state index in [0.29, 0.717) is 6.26 Å². The topological polar surface area (TPSA) is 95.3 Å². The molecule has 0 radical (unpaired) electrons. The van der Waals surface area contributed by atoms with Gasteiger partial charge in [0.25, 0.3) is 15.9 Å². The molecule has 0 N–H and O–H groups in total. The van der Waals surface area contributed by atoms with Crippen molar-refractivity contribution < 1.29 is 34.2 Å². The Morgan fingerprint density at radius 1 is 1.30 bits per heavy atom. The molecule has 0 aliphatic rings. The van der Waals surface area contributed by atoms with Gasteiger partial charge in [-0.15, -0.1) is 9.19 Å². The third-order valence-corrected chi connectivity index (χ3v) is 4.11. The maximum Gasteiger partial charge on any atom is 0.434 e. The molecule has 0 bridgehead atoms. The van der Waals surface area contributed by atoms with Gasteiger partial charge in [-0.3, -0.25) is 0 Å². The molecule has 12 heteroatoms. The summed E-state index contributed by atoms with van der Waals surface area (Å²) in [7, 11) is -8.47. The lowest BCUT2D eigenvalue weighted by atomic mass is 10.4. The van der Waals surface area contributed by atoms with Crippen LogP contribution in [0.2, 0.25) is 0 Å². The SMILES string of the molecule is CCCS(=O)(=O)n1nc(OS(C)(=O)=O)cc1C(F)(F)F. The smallest absolute Gasteiger partial charge is 0.360 e. The van der Waals surface area contributed by atoms with Crippen LogP contribution in [0.5, 0.6) is 5.88 Å². The fraction of sp³-hybridized carbons (Fsp3) is 0.625. The summed E-state index contributed by atoms with van der Waals surface area (Å²) in [6.45, 7) is 1.46. The summed E-state index contributed by atoms with van der Waals surface area (Å²) >= 11 is 0. The number of hydrogen-bond acceptors (Lipinski definition) is 6. The third kappa shape index (κ3) is 4.10. The Hall–Kier alpha value is -1.30. The molecule has 0 aliphatic heterocycles. The van der Waals surface area contributed by atoms with E-state index in [1.54, 1.807) is 0 Å². The van der Waals surface area contributed by atoms with E-state index in [9.17, 15) is 30.0 Å². The summed E-state index contributed by atoms with van der Waals surface area (Å²) in [4.78, 5) is 0. The van der Waals surface area contributed by atoms with Crippen molar-refractivity contribution in [1.29, 1.82) is 0 Å². The lowest BCUT2D eigenvalue weighted by Gasteiger charge is -2.09. The Morgan fingerprint density at radius 2 is 1.85 bits per heavy atom. The first-order valence-corrected chi connectivity index (χ1v) is 8.59. The molecule has 1 aromatic heterocycles. The van der Waals surface area contributed by atoms with Gasteiger partial charge in [-0.2, -0.15) is 21.6 Å². The van der Waals surface area contributed by atoms with Crippen LogP contribution in [0.3, 0.4) is 0 Å². The van der Waals surface area contributed by atoms with Crippen LogP contribution in [0.15, 0.2) is 6.07 Å². The molecule has 0 aliphatic carbocycles. The first-order chi connectivity index (χ1) is 8.87. The van der Waals surface area contributed by atoms with Crippen LogP contribution in [0.4, 0.5) is 13.2 Å². The van der Waals surface area contributed by atoms with Gasteiger partial charge in [0.05, 0.1) is 12.0 Å². The van der Waals surface area contributed by atoms with E-state index < -0.39 is 43.6 Å². The maximum atomic E-state index is 12.7. The van der Waals surface area contributed by atoms with E-state index in [1.165, 1.54) is 6.92 Å². The van der Waals surface area contributed by atoms with Gasteiger partial charge in [0.1, 0.15) is 0 Å². The minimum Gasteiger partial charge on any atom is -0.360 e. The van der Waals surface area contributed by atoms with Crippen LogP contribution >= 0.6 is 0 Å². The van der Waals surface area contributed by atoms with Crippen LogP contribution in [0.1, 0.15) is 19.0 Å². The lowest BCUT2D eigenvalue weighted by Crippen LogP contribution is -2.24. The van der Waals surface area contributed by atoms with Crippen molar-refractivity contribution in [2.45, 2.75) is 19.5 Å². The second-order valence-electron chi connectivity index (χ2n) is 3.81. The van der Waals surface area contributed by atoms with E-state index in [-0.39, 0.29) is 16.6 Å². The fourth-order valence-electron chi connectivity index (χ4n) is 1.29. The molecule has 1 aromatic rings. The quantitative estimate of drug-likeness (QED) is 0.739. The third-order valence-electron chi connectivity index (χ3n) is 1.91. The summed E-state index contributed by atoms with van der Waals surface area (Å²) < 4.78 is 87.2. The molecule has 0 fully saturated rings. The lowest BCUT2D eigenvalue weighted by molar-refractivity contribution is -0.142. The number of alkyl halides is 3. The van der Waals surface area contributed by atoms with E-state index in [2.05, 4.69) is 9.28 Å². The van der Waals surface area contributed by atoms with Crippen molar-refractivity contribution in [2.75, 3.05) is 12.0 Å².